The molecule has 0 aromatic heterocycles. The summed E-state index contributed by atoms with van der Waals surface area (Å²) >= 11 is 0.200. The molecule has 0 spiro atoms. The van der Waals surface area contributed by atoms with Crippen LogP contribution in [0.5, 0.6) is 0 Å². The summed E-state index contributed by atoms with van der Waals surface area (Å²) in [6.45, 7) is 4.38. The molecule has 0 heterocycles. The zero-order valence-electron chi connectivity index (χ0n) is 15.5. The van der Waals surface area contributed by atoms with Gasteiger partial charge in [0.25, 0.3) is 10.4 Å². The van der Waals surface area contributed by atoms with Crippen LogP contribution in [-0.4, -0.2) is 21.0 Å². The third kappa shape index (κ3) is 15.3. The van der Waals surface area contributed by atoms with E-state index in [4.69, 9.17) is 0 Å². The van der Waals surface area contributed by atoms with E-state index in [1.54, 1.807) is 0 Å². The summed E-state index contributed by atoms with van der Waals surface area (Å²) < 4.78 is 12.7. The van der Waals surface area contributed by atoms with E-state index < -0.39 is 16.1 Å². The summed E-state index contributed by atoms with van der Waals surface area (Å²) in [6, 6.07) is 0. The van der Waals surface area contributed by atoms with Gasteiger partial charge in [0.1, 0.15) is 5.75 Å². The Morgan fingerprint density at radius 1 is 0.917 bits per heavy atom. The van der Waals surface area contributed by atoms with Crippen LogP contribution in [0.3, 0.4) is 0 Å². The minimum absolute atomic E-state index is 0.446. The van der Waals surface area contributed by atoms with Gasteiger partial charge in [-0.1, -0.05) is 83.4 Å². The quantitative estimate of drug-likeness (QED) is 0.130. The Bertz CT molecular complexity index is 338. The third-order valence-corrected chi connectivity index (χ3v) is 6.87. The molecule has 0 rings (SSSR count). The summed E-state index contributed by atoms with van der Waals surface area (Å²) in [5, 5.41) is 10.8. The Labute approximate surface area is 155 Å². The van der Waals surface area contributed by atoms with Gasteiger partial charge in [0, 0.05) is 5.75 Å². The van der Waals surface area contributed by atoms with Crippen molar-refractivity contribution in [3.8, 4) is 0 Å². The molecule has 4 nitrogen and oxygen atoms in total. The Hall–Kier alpha value is -0.200. The molecule has 0 N–H and O–H groups in total. The predicted octanol–water partition coefficient (Wildman–Crippen LogP) is 6.26. The first-order valence-corrected chi connectivity index (χ1v) is 11.8. The molecule has 0 radical (unpaired) electrons. The van der Waals surface area contributed by atoms with Crippen LogP contribution in [0, 0.1) is 10.1 Å². The second-order valence-corrected chi connectivity index (χ2v) is 9.10. The molecule has 0 saturated carbocycles. The van der Waals surface area contributed by atoms with Crippen molar-refractivity contribution in [1.82, 2.24) is 0 Å². The Balaban J connectivity index is 3.96. The molecule has 6 heteroatoms. The summed E-state index contributed by atoms with van der Waals surface area (Å²) in [7, 11) is 0. The van der Waals surface area contributed by atoms with Gasteiger partial charge < -0.3 is 4.55 Å². The SMILES string of the molecule is CCCCCCCCS/C(=C\[N+](=O)[O-])[S+]([O-])CCCCCCCC. The highest BCUT2D eigenvalue weighted by molar-refractivity contribution is 8.18. The Morgan fingerprint density at radius 2 is 1.42 bits per heavy atom. The number of nitro groups is 1. The standard InChI is InChI=1S/C18H35NO3S2/c1-3-5-7-9-11-13-15-23-18(17-19(20)21)24(22)16-14-12-10-8-6-4-2/h17H,3-16H2,1-2H3/b18-17+. The van der Waals surface area contributed by atoms with E-state index in [0.717, 1.165) is 37.6 Å². The predicted molar refractivity (Wildman–Crippen MR) is 107 cm³/mol. The van der Waals surface area contributed by atoms with Gasteiger partial charge in [0.2, 0.25) is 0 Å². The van der Waals surface area contributed by atoms with Crippen LogP contribution in [0.25, 0.3) is 0 Å². The van der Waals surface area contributed by atoms with Crippen molar-refractivity contribution in [2.45, 2.75) is 90.9 Å². The van der Waals surface area contributed by atoms with E-state index in [9.17, 15) is 14.7 Å². The third-order valence-electron chi connectivity index (χ3n) is 3.86. The van der Waals surface area contributed by atoms with E-state index in [2.05, 4.69) is 13.8 Å². The fourth-order valence-corrected chi connectivity index (χ4v) is 5.02. The van der Waals surface area contributed by atoms with Crippen LogP contribution < -0.4 is 0 Å². The van der Waals surface area contributed by atoms with Gasteiger partial charge in [0.05, 0.1) is 4.92 Å². The molecule has 142 valence electrons. The zero-order chi connectivity index (χ0) is 18.0. The van der Waals surface area contributed by atoms with Gasteiger partial charge in [-0.25, -0.2) is 0 Å². The van der Waals surface area contributed by atoms with Gasteiger partial charge in [-0.15, -0.1) is 0 Å². The normalized spacial score (nSPS) is 13.2. The fourth-order valence-electron chi connectivity index (χ4n) is 2.42. The van der Waals surface area contributed by atoms with E-state index in [-0.39, 0.29) is 0 Å². The minimum Gasteiger partial charge on any atom is -0.611 e. The van der Waals surface area contributed by atoms with Crippen molar-refractivity contribution in [1.29, 1.82) is 0 Å². The molecule has 24 heavy (non-hydrogen) atoms. The van der Waals surface area contributed by atoms with Gasteiger partial charge >= 0.3 is 0 Å². The largest absolute Gasteiger partial charge is 0.611 e. The van der Waals surface area contributed by atoms with Crippen LogP contribution in [0.15, 0.2) is 10.4 Å². The van der Waals surface area contributed by atoms with Crippen molar-refractivity contribution in [2.24, 2.45) is 0 Å². The second-order valence-electron chi connectivity index (χ2n) is 6.17. The lowest BCUT2D eigenvalue weighted by Crippen LogP contribution is -2.09. The van der Waals surface area contributed by atoms with E-state index >= 15 is 0 Å². The van der Waals surface area contributed by atoms with Gasteiger partial charge in [-0.05, 0) is 30.4 Å². The summed E-state index contributed by atoms with van der Waals surface area (Å²) in [5.41, 5.74) is 0. The first-order chi connectivity index (χ1) is 11.6. The van der Waals surface area contributed by atoms with Crippen LogP contribution in [0.1, 0.15) is 90.9 Å². The number of rotatable bonds is 17. The lowest BCUT2D eigenvalue weighted by atomic mass is 10.1. The lowest BCUT2D eigenvalue weighted by Gasteiger charge is -2.11. The monoisotopic (exact) mass is 377 g/mol. The van der Waals surface area contributed by atoms with Gasteiger partial charge in [-0.3, -0.25) is 10.1 Å². The van der Waals surface area contributed by atoms with Crippen LogP contribution in [0.4, 0.5) is 0 Å². The smallest absolute Gasteiger partial charge is 0.295 e. The molecule has 0 fully saturated rings. The molecular formula is C18H35NO3S2. The highest BCUT2D eigenvalue weighted by Gasteiger charge is 2.19. The summed E-state index contributed by atoms with van der Waals surface area (Å²) in [5.74, 6) is 1.38. The maximum Gasteiger partial charge on any atom is 0.295 e. The first kappa shape index (κ1) is 23.8. The van der Waals surface area contributed by atoms with E-state index in [1.807, 2.05) is 0 Å². The van der Waals surface area contributed by atoms with Crippen molar-refractivity contribution < 1.29 is 9.48 Å². The van der Waals surface area contributed by atoms with Crippen LogP contribution >= 0.6 is 11.8 Å². The molecule has 1 unspecified atom stereocenters. The molecule has 0 bridgehead atoms. The molecule has 0 saturated heterocycles. The van der Waals surface area contributed by atoms with E-state index in [1.165, 1.54) is 63.1 Å². The topological polar surface area (TPSA) is 66.2 Å². The van der Waals surface area contributed by atoms with Crippen molar-refractivity contribution >= 4 is 22.9 Å². The molecule has 0 aliphatic rings. The average molecular weight is 378 g/mol. The highest BCUT2D eigenvalue weighted by Crippen LogP contribution is 2.25. The van der Waals surface area contributed by atoms with E-state index in [0.29, 0.717) is 9.99 Å². The Morgan fingerprint density at radius 3 is 1.96 bits per heavy atom. The number of nitrogens with zero attached hydrogens (tertiary/aromatic N) is 1. The molecule has 0 aliphatic heterocycles. The number of unbranched alkanes of at least 4 members (excludes halogenated alkanes) is 10. The first-order valence-electron chi connectivity index (χ1n) is 9.48. The summed E-state index contributed by atoms with van der Waals surface area (Å²) in [4.78, 5) is 10.3. The molecule has 0 aliphatic carbocycles. The maximum atomic E-state index is 12.3. The molecule has 0 aromatic rings. The van der Waals surface area contributed by atoms with Crippen LogP contribution in [-0.2, 0) is 11.2 Å². The molecule has 0 aromatic carbocycles. The molecular weight excluding hydrogens is 342 g/mol. The number of hydrogen-bond acceptors (Lipinski definition) is 4. The van der Waals surface area contributed by atoms with Crippen molar-refractivity contribution in [2.75, 3.05) is 11.5 Å². The molecule has 1 atom stereocenters. The highest BCUT2D eigenvalue weighted by atomic mass is 32.3. The van der Waals surface area contributed by atoms with Crippen molar-refractivity contribution in [3.05, 3.63) is 20.6 Å². The average Bonchev–Trinajstić information content (AvgIpc) is 2.55. The maximum absolute atomic E-state index is 12.3. The molecule has 0 amide bonds. The fraction of sp³-hybridized carbons (Fsp3) is 0.889. The lowest BCUT2D eigenvalue weighted by molar-refractivity contribution is -0.402. The van der Waals surface area contributed by atoms with Gasteiger partial charge in [-0.2, -0.15) is 0 Å². The van der Waals surface area contributed by atoms with Gasteiger partial charge in [0.15, 0.2) is 0 Å². The Kier molecular flexibility index (Phi) is 17.5. The number of hydrogen-bond donors (Lipinski definition) is 0. The van der Waals surface area contributed by atoms with Crippen LogP contribution in [0.2, 0.25) is 0 Å². The van der Waals surface area contributed by atoms with Crippen molar-refractivity contribution in [3.63, 3.8) is 0 Å². The minimum atomic E-state index is -1.21. The summed E-state index contributed by atoms with van der Waals surface area (Å²) in [6.07, 6.45) is 15.0. The number of thioether (sulfide) groups is 1. The second kappa shape index (κ2) is 17.6. The zero-order valence-corrected chi connectivity index (χ0v) is 17.1.